The number of rotatable bonds is 7. The number of hydrogen-bond acceptors (Lipinski definition) is 4. The summed E-state index contributed by atoms with van der Waals surface area (Å²) < 4.78 is 6.18. The molecule has 20 heavy (non-hydrogen) atoms. The van der Waals surface area contributed by atoms with Gasteiger partial charge < -0.3 is 15.4 Å². The van der Waals surface area contributed by atoms with Crippen molar-refractivity contribution >= 4 is 27.3 Å². The Labute approximate surface area is 123 Å². The summed E-state index contributed by atoms with van der Waals surface area (Å²) in [5, 5.41) is 9.49. The summed E-state index contributed by atoms with van der Waals surface area (Å²) in [7, 11) is 1.62. The lowest BCUT2D eigenvalue weighted by Gasteiger charge is -2.13. The monoisotopic (exact) mass is 292 g/mol. The zero-order valence-electron chi connectivity index (χ0n) is 11.8. The molecule has 0 aliphatic rings. The van der Waals surface area contributed by atoms with Gasteiger partial charge in [0, 0.05) is 24.9 Å². The van der Waals surface area contributed by atoms with Crippen LogP contribution >= 0.6 is 11.3 Å². The molecule has 2 aromatic rings. The van der Waals surface area contributed by atoms with Crippen molar-refractivity contribution < 1.29 is 9.53 Å². The normalized spacial score (nSPS) is 12.5. The second-order valence-corrected chi connectivity index (χ2v) is 5.55. The van der Waals surface area contributed by atoms with Crippen molar-refractivity contribution in [3.63, 3.8) is 0 Å². The first kappa shape index (κ1) is 15.0. The fourth-order valence-corrected chi connectivity index (χ4v) is 2.92. The molecule has 2 N–H and O–H groups in total. The Morgan fingerprint density at radius 3 is 3.00 bits per heavy atom. The minimum Gasteiger partial charge on any atom is -0.383 e. The van der Waals surface area contributed by atoms with Gasteiger partial charge in [0.1, 0.15) is 0 Å². The van der Waals surface area contributed by atoms with Gasteiger partial charge in [-0.2, -0.15) is 0 Å². The van der Waals surface area contributed by atoms with Crippen LogP contribution in [-0.2, 0) is 16.1 Å². The molecule has 1 unspecified atom stereocenters. The first-order valence-electron chi connectivity index (χ1n) is 6.67. The van der Waals surface area contributed by atoms with Gasteiger partial charge in [0.25, 0.3) is 0 Å². The SMILES string of the molecule is COCCNC(=O)C(C)NCc1csc2ccccc12. The molecular weight excluding hydrogens is 272 g/mol. The number of carbonyl (C=O) groups is 1. The molecule has 1 aromatic heterocycles. The molecule has 1 aromatic carbocycles. The molecule has 0 radical (unpaired) electrons. The van der Waals surface area contributed by atoms with E-state index in [0.29, 0.717) is 19.7 Å². The van der Waals surface area contributed by atoms with Crippen molar-refractivity contribution in [1.29, 1.82) is 0 Å². The van der Waals surface area contributed by atoms with Gasteiger partial charge in [0.05, 0.1) is 12.6 Å². The highest BCUT2D eigenvalue weighted by molar-refractivity contribution is 7.17. The molecule has 0 aliphatic carbocycles. The van der Waals surface area contributed by atoms with E-state index in [1.54, 1.807) is 18.4 Å². The Morgan fingerprint density at radius 2 is 2.20 bits per heavy atom. The molecule has 1 heterocycles. The van der Waals surface area contributed by atoms with Crippen LogP contribution < -0.4 is 10.6 Å². The molecule has 108 valence electrons. The third-order valence-electron chi connectivity index (χ3n) is 3.16. The second-order valence-electron chi connectivity index (χ2n) is 4.64. The van der Waals surface area contributed by atoms with Crippen LogP contribution in [0.4, 0.5) is 0 Å². The summed E-state index contributed by atoms with van der Waals surface area (Å²) >= 11 is 1.73. The summed E-state index contributed by atoms with van der Waals surface area (Å²) in [6.07, 6.45) is 0. The lowest BCUT2D eigenvalue weighted by atomic mass is 10.1. The van der Waals surface area contributed by atoms with Gasteiger partial charge in [-0.3, -0.25) is 4.79 Å². The van der Waals surface area contributed by atoms with E-state index in [2.05, 4.69) is 28.1 Å². The average Bonchev–Trinajstić information content (AvgIpc) is 2.88. The second kappa shape index (κ2) is 7.38. The molecule has 0 bridgehead atoms. The van der Waals surface area contributed by atoms with Gasteiger partial charge in [-0.25, -0.2) is 0 Å². The van der Waals surface area contributed by atoms with Gasteiger partial charge in [-0.05, 0) is 29.3 Å². The fourth-order valence-electron chi connectivity index (χ4n) is 1.95. The third-order valence-corrected chi connectivity index (χ3v) is 4.17. The predicted octanol–water partition coefficient (Wildman–Crippen LogP) is 2.14. The molecule has 0 saturated heterocycles. The lowest BCUT2D eigenvalue weighted by molar-refractivity contribution is -0.122. The number of ether oxygens (including phenoxy) is 1. The quantitative estimate of drug-likeness (QED) is 0.769. The Kier molecular flexibility index (Phi) is 5.52. The van der Waals surface area contributed by atoms with Crippen LogP contribution in [0.3, 0.4) is 0 Å². The highest BCUT2D eigenvalue weighted by Gasteiger charge is 2.12. The summed E-state index contributed by atoms with van der Waals surface area (Å²) in [4.78, 5) is 11.8. The van der Waals surface area contributed by atoms with Crippen molar-refractivity contribution in [2.24, 2.45) is 0 Å². The van der Waals surface area contributed by atoms with Gasteiger partial charge in [0.15, 0.2) is 0 Å². The van der Waals surface area contributed by atoms with E-state index in [1.165, 1.54) is 15.6 Å². The molecule has 0 aliphatic heterocycles. The van der Waals surface area contributed by atoms with Crippen molar-refractivity contribution in [1.82, 2.24) is 10.6 Å². The van der Waals surface area contributed by atoms with E-state index in [1.807, 2.05) is 19.1 Å². The molecule has 0 fully saturated rings. The van der Waals surface area contributed by atoms with Crippen molar-refractivity contribution in [2.75, 3.05) is 20.3 Å². The number of hydrogen-bond donors (Lipinski definition) is 2. The maximum Gasteiger partial charge on any atom is 0.236 e. The van der Waals surface area contributed by atoms with E-state index in [0.717, 1.165) is 0 Å². The smallest absolute Gasteiger partial charge is 0.236 e. The van der Waals surface area contributed by atoms with Crippen molar-refractivity contribution in [3.8, 4) is 0 Å². The lowest BCUT2D eigenvalue weighted by Crippen LogP contribution is -2.42. The number of methoxy groups -OCH3 is 1. The Balaban J connectivity index is 1.86. The van der Waals surface area contributed by atoms with E-state index in [-0.39, 0.29) is 11.9 Å². The molecule has 4 nitrogen and oxygen atoms in total. The maximum absolute atomic E-state index is 11.8. The van der Waals surface area contributed by atoms with Gasteiger partial charge >= 0.3 is 0 Å². The predicted molar refractivity (Wildman–Crippen MR) is 83.0 cm³/mol. The maximum atomic E-state index is 11.8. The molecule has 1 atom stereocenters. The van der Waals surface area contributed by atoms with Crippen LogP contribution in [0.2, 0.25) is 0 Å². The number of nitrogens with one attached hydrogen (secondary N) is 2. The molecule has 2 rings (SSSR count). The van der Waals surface area contributed by atoms with Crippen LogP contribution in [0.15, 0.2) is 29.6 Å². The minimum absolute atomic E-state index is 0.00147. The number of thiophene rings is 1. The van der Waals surface area contributed by atoms with Crippen LogP contribution in [0.25, 0.3) is 10.1 Å². The number of amides is 1. The number of benzene rings is 1. The van der Waals surface area contributed by atoms with Gasteiger partial charge in [-0.15, -0.1) is 11.3 Å². The standard InChI is InChI=1S/C15H20N2O2S/c1-11(15(18)16-7-8-19-2)17-9-12-10-20-14-6-4-3-5-13(12)14/h3-6,10-11,17H,7-9H2,1-2H3,(H,16,18). The average molecular weight is 292 g/mol. The van der Waals surface area contributed by atoms with E-state index in [4.69, 9.17) is 4.74 Å². The minimum atomic E-state index is -0.217. The zero-order chi connectivity index (χ0) is 14.4. The van der Waals surface area contributed by atoms with Crippen LogP contribution in [0, 0.1) is 0 Å². The molecule has 1 amide bonds. The summed E-state index contributed by atoms with van der Waals surface area (Å²) in [6.45, 7) is 3.65. The summed E-state index contributed by atoms with van der Waals surface area (Å²) in [5.41, 5.74) is 1.24. The van der Waals surface area contributed by atoms with E-state index < -0.39 is 0 Å². The Morgan fingerprint density at radius 1 is 1.40 bits per heavy atom. The molecule has 0 saturated carbocycles. The summed E-state index contributed by atoms with van der Waals surface area (Å²) in [5.74, 6) is 0.00147. The topological polar surface area (TPSA) is 50.4 Å². The van der Waals surface area contributed by atoms with E-state index >= 15 is 0 Å². The molecule has 0 spiro atoms. The van der Waals surface area contributed by atoms with Crippen LogP contribution in [-0.4, -0.2) is 32.2 Å². The fraction of sp³-hybridized carbons (Fsp3) is 0.400. The highest BCUT2D eigenvalue weighted by Crippen LogP contribution is 2.25. The van der Waals surface area contributed by atoms with Crippen LogP contribution in [0.1, 0.15) is 12.5 Å². The highest BCUT2D eigenvalue weighted by atomic mass is 32.1. The van der Waals surface area contributed by atoms with E-state index in [9.17, 15) is 4.79 Å². The van der Waals surface area contributed by atoms with Gasteiger partial charge in [0.2, 0.25) is 5.91 Å². The van der Waals surface area contributed by atoms with Gasteiger partial charge in [-0.1, -0.05) is 18.2 Å². The molecular formula is C15H20N2O2S. The zero-order valence-corrected chi connectivity index (χ0v) is 12.6. The first-order chi connectivity index (χ1) is 9.72. The van der Waals surface area contributed by atoms with Crippen molar-refractivity contribution in [2.45, 2.75) is 19.5 Å². The first-order valence-corrected chi connectivity index (χ1v) is 7.55. The largest absolute Gasteiger partial charge is 0.383 e. The van der Waals surface area contributed by atoms with Crippen LogP contribution in [0.5, 0.6) is 0 Å². The number of fused-ring (bicyclic) bond motifs is 1. The Hall–Kier alpha value is -1.43. The van der Waals surface area contributed by atoms with Crippen molar-refractivity contribution in [3.05, 3.63) is 35.2 Å². The third kappa shape index (κ3) is 3.79. The molecule has 5 heteroatoms. The Bertz CT molecular complexity index is 568. The summed E-state index contributed by atoms with van der Waals surface area (Å²) in [6, 6.07) is 8.10. The number of carbonyl (C=O) groups excluding carboxylic acids is 1.